The molecule has 1 aromatic rings. The van der Waals surface area contributed by atoms with Gasteiger partial charge in [-0.25, -0.2) is 8.42 Å². The average Bonchev–Trinajstić information content (AvgIpc) is 2.17. The highest BCUT2D eigenvalue weighted by Gasteiger charge is 2.16. The summed E-state index contributed by atoms with van der Waals surface area (Å²) in [5, 5.41) is 0. The largest absolute Gasteiger partial charge is 0.768 e. The van der Waals surface area contributed by atoms with Gasteiger partial charge in [0.2, 0.25) is 0 Å². The van der Waals surface area contributed by atoms with Crippen molar-refractivity contribution in [1.29, 1.82) is 0 Å². The van der Waals surface area contributed by atoms with E-state index in [4.69, 9.17) is 5.53 Å². The van der Waals surface area contributed by atoms with Gasteiger partial charge >= 0.3 is 0 Å². The van der Waals surface area contributed by atoms with Gasteiger partial charge in [0.1, 0.15) is 0 Å². The summed E-state index contributed by atoms with van der Waals surface area (Å²) in [6, 6.07) is 4.84. The maximum atomic E-state index is 11.3. The predicted octanol–water partition coefficient (Wildman–Crippen LogP) is 0.924. The molecule has 0 saturated heterocycles. The highest BCUT2D eigenvalue weighted by Crippen LogP contribution is 2.20. The monoisotopic (exact) mass is 246 g/mol. The fourth-order valence-electron chi connectivity index (χ4n) is 0.893. The van der Waals surface area contributed by atoms with Crippen LogP contribution in [0.3, 0.4) is 0 Å². The zero-order valence-electron chi connectivity index (χ0n) is 7.10. The normalized spacial score (nSPS) is 12.9. The standard InChI is InChI=1S/C6H5N3O4S2/c7-8-9-15(12,13)6-4-2-1-3-5(6)14(10)11/h1-4H,(H,10,11)/p-1. The van der Waals surface area contributed by atoms with Crippen LogP contribution in [0.25, 0.3) is 10.4 Å². The zero-order valence-corrected chi connectivity index (χ0v) is 8.73. The van der Waals surface area contributed by atoms with E-state index < -0.39 is 30.9 Å². The van der Waals surface area contributed by atoms with Gasteiger partial charge in [0.15, 0.2) is 0 Å². The van der Waals surface area contributed by atoms with Crippen LogP contribution in [0.2, 0.25) is 0 Å². The van der Waals surface area contributed by atoms with Gasteiger partial charge in [-0.2, -0.15) is 0 Å². The second-order valence-electron chi connectivity index (χ2n) is 2.33. The third kappa shape index (κ3) is 2.54. The molecule has 0 radical (unpaired) electrons. The quantitative estimate of drug-likeness (QED) is 0.340. The Bertz CT molecular complexity index is 547. The highest BCUT2D eigenvalue weighted by molar-refractivity contribution is 7.90. The predicted molar refractivity (Wildman–Crippen MR) is 50.0 cm³/mol. The highest BCUT2D eigenvalue weighted by atomic mass is 32.2. The summed E-state index contributed by atoms with van der Waals surface area (Å²) in [5.74, 6) is 0. The van der Waals surface area contributed by atoms with E-state index in [1.54, 1.807) is 0 Å². The van der Waals surface area contributed by atoms with Gasteiger partial charge in [0.05, 0.1) is 4.90 Å². The first-order valence-electron chi connectivity index (χ1n) is 3.48. The number of nitrogens with zero attached hydrogens (tertiary/aromatic N) is 3. The number of rotatable bonds is 3. The molecule has 1 unspecified atom stereocenters. The third-order valence-corrected chi connectivity index (χ3v) is 3.49. The molecule has 0 saturated carbocycles. The van der Waals surface area contributed by atoms with Crippen molar-refractivity contribution in [2.45, 2.75) is 9.79 Å². The third-order valence-electron chi connectivity index (χ3n) is 1.45. The Balaban J connectivity index is 3.51. The fraction of sp³-hybridized carbons (Fsp3) is 0. The van der Waals surface area contributed by atoms with Crippen LogP contribution in [0.15, 0.2) is 38.6 Å². The minimum Gasteiger partial charge on any atom is -0.768 e. The van der Waals surface area contributed by atoms with Crippen molar-refractivity contribution in [3.63, 3.8) is 0 Å². The van der Waals surface area contributed by atoms with Crippen molar-refractivity contribution >= 4 is 21.1 Å². The van der Waals surface area contributed by atoms with Gasteiger partial charge in [0.25, 0.3) is 10.0 Å². The van der Waals surface area contributed by atoms with E-state index in [-0.39, 0.29) is 0 Å². The summed E-state index contributed by atoms with van der Waals surface area (Å²) in [4.78, 5) is 1.16. The van der Waals surface area contributed by atoms with E-state index >= 15 is 0 Å². The molecular weight excluding hydrogens is 242 g/mol. The van der Waals surface area contributed by atoms with Crippen LogP contribution in [0.5, 0.6) is 0 Å². The van der Waals surface area contributed by atoms with Gasteiger partial charge in [-0.1, -0.05) is 12.1 Å². The molecular formula is C6H4N3O4S2-. The van der Waals surface area contributed by atoms with Crippen LogP contribution in [0.4, 0.5) is 0 Å². The Morgan fingerprint density at radius 2 is 2.00 bits per heavy atom. The molecule has 0 bridgehead atoms. The lowest BCUT2D eigenvalue weighted by molar-refractivity contribution is 0.533. The smallest absolute Gasteiger partial charge is 0.265 e. The number of benzene rings is 1. The van der Waals surface area contributed by atoms with Crippen LogP contribution >= 0.6 is 0 Å². The van der Waals surface area contributed by atoms with E-state index in [0.717, 1.165) is 12.1 Å². The van der Waals surface area contributed by atoms with Crippen LogP contribution in [-0.4, -0.2) is 17.2 Å². The van der Waals surface area contributed by atoms with Crippen LogP contribution in [0.1, 0.15) is 0 Å². The molecule has 7 nitrogen and oxygen atoms in total. The topological polar surface area (TPSA) is 123 Å². The molecule has 0 aliphatic heterocycles. The van der Waals surface area contributed by atoms with Gasteiger partial charge in [0, 0.05) is 14.3 Å². The molecule has 9 heteroatoms. The molecule has 0 aliphatic rings. The lowest BCUT2D eigenvalue weighted by Gasteiger charge is -2.08. The Kier molecular flexibility index (Phi) is 3.43. The lowest BCUT2D eigenvalue weighted by Crippen LogP contribution is -2.02. The van der Waals surface area contributed by atoms with Crippen molar-refractivity contribution in [2.24, 2.45) is 4.52 Å². The van der Waals surface area contributed by atoms with Crippen molar-refractivity contribution in [2.75, 3.05) is 0 Å². The first-order chi connectivity index (χ1) is 6.99. The Hall–Kier alpha value is -1.41. The van der Waals surface area contributed by atoms with Crippen molar-refractivity contribution in [3.05, 3.63) is 34.7 Å². The molecule has 0 spiro atoms. The van der Waals surface area contributed by atoms with E-state index in [2.05, 4.69) is 9.43 Å². The molecule has 0 fully saturated rings. The number of hydrogen-bond acceptors (Lipinski definition) is 4. The van der Waals surface area contributed by atoms with Gasteiger partial charge in [-0.15, -0.1) is 0 Å². The van der Waals surface area contributed by atoms with E-state index in [0.29, 0.717) is 0 Å². The van der Waals surface area contributed by atoms with Crippen molar-refractivity contribution in [1.82, 2.24) is 0 Å². The Morgan fingerprint density at radius 1 is 1.40 bits per heavy atom. The summed E-state index contributed by atoms with van der Waals surface area (Å²) in [6.07, 6.45) is 0. The van der Waals surface area contributed by atoms with Crippen molar-refractivity contribution < 1.29 is 17.2 Å². The second-order valence-corrected chi connectivity index (χ2v) is 4.79. The maximum Gasteiger partial charge on any atom is 0.265 e. The number of azide groups is 1. The SMILES string of the molecule is [N-]=[N+]=NS(=O)(=O)c1ccccc1S(=O)[O-]. The zero-order chi connectivity index (χ0) is 11.5. The molecule has 0 N–H and O–H groups in total. The molecule has 1 atom stereocenters. The summed E-state index contributed by atoms with van der Waals surface area (Å²) >= 11 is -2.70. The molecule has 0 aromatic heterocycles. The van der Waals surface area contributed by atoms with E-state index in [9.17, 15) is 17.2 Å². The minimum atomic E-state index is -4.27. The van der Waals surface area contributed by atoms with E-state index in [1.807, 2.05) is 0 Å². The van der Waals surface area contributed by atoms with E-state index in [1.165, 1.54) is 12.1 Å². The minimum absolute atomic E-state index is 0.426. The van der Waals surface area contributed by atoms with Crippen LogP contribution < -0.4 is 0 Å². The fourth-order valence-corrected chi connectivity index (χ4v) is 2.59. The summed E-state index contributed by atoms with van der Waals surface area (Å²) in [5.41, 5.74) is 8.02. The molecule has 0 aliphatic carbocycles. The van der Waals surface area contributed by atoms with Crippen LogP contribution in [0, 0.1) is 0 Å². The molecule has 80 valence electrons. The number of hydrogen-bond donors (Lipinski definition) is 0. The average molecular weight is 246 g/mol. The van der Waals surface area contributed by atoms with Gasteiger partial charge < -0.3 is 4.55 Å². The Morgan fingerprint density at radius 3 is 2.53 bits per heavy atom. The molecule has 1 aromatic carbocycles. The van der Waals surface area contributed by atoms with Gasteiger partial charge in [-0.05, 0) is 28.7 Å². The second kappa shape index (κ2) is 4.41. The van der Waals surface area contributed by atoms with Gasteiger partial charge in [-0.3, -0.25) is 4.21 Å². The summed E-state index contributed by atoms with van der Waals surface area (Å²) < 4.78 is 46.4. The first-order valence-corrected chi connectivity index (χ1v) is 6.00. The van der Waals surface area contributed by atoms with Crippen molar-refractivity contribution in [3.8, 4) is 0 Å². The van der Waals surface area contributed by atoms with Crippen LogP contribution in [-0.2, 0) is 21.1 Å². The molecule has 15 heavy (non-hydrogen) atoms. The number of sulfonamides is 1. The summed E-state index contributed by atoms with van der Waals surface area (Å²) in [7, 11) is -4.27. The molecule has 0 amide bonds. The lowest BCUT2D eigenvalue weighted by atomic mass is 10.4. The molecule has 0 heterocycles. The summed E-state index contributed by atoms with van der Waals surface area (Å²) in [6.45, 7) is 0. The first kappa shape index (κ1) is 11.7. The maximum absolute atomic E-state index is 11.3. The Labute approximate surface area is 87.7 Å². The molecule has 1 rings (SSSR count).